The van der Waals surface area contributed by atoms with E-state index in [-0.39, 0.29) is 5.91 Å². The molecule has 0 aliphatic rings. The molecule has 0 saturated carbocycles. The molecule has 0 unspecified atom stereocenters. The zero-order valence-electron chi connectivity index (χ0n) is 20.6. The van der Waals surface area contributed by atoms with Crippen molar-refractivity contribution in [2.45, 2.75) is 40.8 Å². The van der Waals surface area contributed by atoms with Crippen LogP contribution in [0, 0.1) is 13.8 Å². The van der Waals surface area contributed by atoms with E-state index in [9.17, 15) is 4.79 Å². The molecule has 0 spiro atoms. The monoisotopic (exact) mass is 468 g/mol. The lowest BCUT2D eigenvalue weighted by molar-refractivity contribution is 0.0752. The van der Waals surface area contributed by atoms with Gasteiger partial charge in [-0.2, -0.15) is 0 Å². The highest BCUT2D eigenvalue weighted by Gasteiger charge is 2.19. The number of carbonyl (C=O) groups excluding carboxylic acids is 1. The Hall–Kier alpha value is -3.68. The summed E-state index contributed by atoms with van der Waals surface area (Å²) in [5, 5.41) is 3.95. The number of methoxy groups -OCH3 is 2. The Morgan fingerprint density at radius 2 is 1.62 bits per heavy atom. The van der Waals surface area contributed by atoms with E-state index < -0.39 is 0 Å². The molecule has 8 heteroatoms. The molecule has 0 fully saturated rings. The van der Waals surface area contributed by atoms with Gasteiger partial charge >= 0.3 is 0 Å². The highest BCUT2D eigenvalue weighted by atomic mass is 16.5. The summed E-state index contributed by atoms with van der Waals surface area (Å²) in [7, 11) is 3.15. The molecule has 0 aliphatic carbocycles. The highest BCUT2D eigenvalue weighted by molar-refractivity contribution is 5.95. The average Bonchev–Trinajstić information content (AvgIpc) is 3.18. The SMILES string of the molecule is CCOc1ccc(CN(CC)C(=O)c2ccc(OCc3c(C)noc3C)c(OC)c2)cc1OC. The summed E-state index contributed by atoms with van der Waals surface area (Å²) in [6.45, 7) is 9.41. The number of rotatable bonds is 11. The fourth-order valence-electron chi connectivity index (χ4n) is 3.59. The van der Waals surface area contributed by atoms with Crippen LogP contribution >= 0.6 is 0 Å². The molecule has 3 aromatic rings. The lowest BCUT2D eigenvalue weighted by Gasteiger charge is -2.22. The van der Waals surface area contributed by atoms with Gasteiger partial charge in [-0.05, 0) is 63.6 Å². The van der Waals surface area contributed by atoms with Crippen molar-refractivity contribution in [3.8, 4) is 23.0 Å². The van der Waals surface area contributed by atoms with E-state index in [1.54, 1.807) is 37.3 Å². The third-order valence-corrected chi connectivity index (χ3v) is 5.53. The Bertz CT molecular complexity index is 1100. The van der Waals surface area contributed by atoms with Crippen LogP contribution in [0.1, 0.15) is 46.8 Å². The summed E-state index contributed by atoms with van der Waals surface area (Å²) in [5.41, 5.74) is 3.14. The Balaban J connectivity index is 1.75. The predicted molar refractivity (Wildman–Crippen MR) is 128 cm³/mol. The normalized spacial score (nSPS) is 10.6. The van der Waals surface area contributed by atoms with Crippen molar-refractivity contribution in [1.29, 1.82) is 0 Å². The maximum absolute atomic E-state index is 13.3. The van der Waals surface area contributed by atoms with Gasteiger partial charge in [0.2, 0.25) is 0 Å². The van der Waals surface area contributed by atoms with E-state index in [1.807, 2.05) is 45.9 Å². The van der Waals surface area contributed by atoms with Crippen molar-refractivity contribution in [2.75, 3.05) is 27.4 Å². The summed E-state index contributed by atoms with van der Waals surface area (Å²) in [6.07, 6.45) is 0. The standard InChI is InChI=1S/C26H32N2O6/c1-7-28(15-19-9-11-22(32-8-2)24(13-19)30-5)26(29)20-10-12-23(25(14-20)31-6)33-16-21-17(3)27-34-18(21)4/h9-14H,7-8,15-16H2,1-6H3. The number of amides is 1. The molecule has 1 aromatic heterocycles. The van der Waals surface area contributed by atoms with Crippen LogP contribution in [0.25, 0.3) is 0 Å². The molecule has 8 nitrogen and oxygen atoms in total. The van der Waals surface area contributed by atoms with Gasteiger partial charge in [0.05, 0.1) is 32.1 Å². The number of hydrogen-bond acceptors (Lipinski definition) is 7. The summed E-state index contributed by atoms with van der Waals surface area (Å²) in [4.78, 5) is 15.0. The molecule has 182 valence electrons. The van der Waals surface area contributed by atoms with Crippen molar-refractivity contribution in [2.24, 2.45) is 0 Å². The van der Waals surface area contributed by atoms with E-state index in [1.165, 1.54) is 0 Å². The first kappa shape index (κ1) is 25.0. The Morgan fingerprint density at radius 1 is 0.941 bits per heavy atom. The summed E-state index contributed by atoms with van der Waals surface area (Å²) < 4.78 is 27.6. The maximum atomic E-state index is 13.3. The number of ether oxygens (including phenoxy) is 4. The number of benzene rings is 2. The molecule has 34 heavy (non-hydrogen) atoms. The number of nitrogens with zero attached hydrogens (tertiary/aromatic N) is 2. The van der Waals surface area contributed by atoms with Gasteiger partial charge in [-0.25, -0.2) is 0 Å². The Kier molecular flexibility index (Phi) is 8.40. The highest BCUT2D eigenvalue weighted by Crippen LogP contribution is 2.31. The second-order valence-electron chi connectivity index (χ2n) is 7.69. The summed E-state index contributed by atoms with van der Waals surface area (Å²) in [6, 6.07) is 10.9. The minimum atomic E-state index is -0.106. The largest absolute Gasteiger partial charge is 0.493 e. The van der Waals surface area contributed by atoms with Crippen LogP contribution in [0.5, 0.6) is 23.0 Å². The molecule has 1 heterocycles. The third-order valence-electron chi connectivity index (χ3n) is 5.53. The van der Waals surface area contributed by atoms with Crippen molar-refractivity contribution in [1.82, 2.24) is 10.1 Å². The molecular weight excluding hydrogens is 436 g/mol. The lowest BCUT2D eigenvalue weighted by atomic mass is 10.1. The lowest BCUT2D eigenvalue weighted by Crippen LogP contribution is -2.30. The Morgan fingerprint density at radius 3 is 2.24 bits per heavy atom. The summed E-state index contributed by atoms with van der Waals surface area (Å²) >= 11 is 0. The van der Waals surface area contributed by atoms with Crippen LogP contribution in [-0.4, -0.2) is 43.3 Å². The van der Waals surface area contributed by atoms with Gasteiger partial charge in [-0.1, -0.05) is 11.2 Å². The van der Waals surface area contributed by atoms with Gasteiger partial charge in [0, 0.05) is 18.7 Å². The fraction of sp³-hybridized carbons (Fsp3) is 0.385. The Labute approximate surface area is 200 Å². The second-order valence-corrected chi connectivity index (χ2v) is 7.69. The third kappa shape index (κ3) is 5.62. The fourth-order valence-corrected chi connectivity index (χ4v) is 3.59. The van der Waals surface area contributed by atoms with Crippen molar-refractivity contribution < 1.29 is 28.3 Å². The molecule has 2 aromatic carbocycles. The van der Waals surface area contributed by atoms with E-state index in [2.05, 4.69) is 5.16 Å². The number of aryl methyl sites for hydroxylation is 2. The maximum Gasteiger partial charge on any atom is 0.254 e. The van der Waals surface area contributed by atoms with Crippen LogP contribution in [0.4, 0.5) is 0 Å². The average molecular weight is 469 g/mol. The zero-order chi connectivity index (χ0) is 24.7. The number of aromatic nitrogens is 1. The molecule has 0 bridgehead atoms. The molecule has 0 N–H and O–H groups in total. The van der Waals surface area contributed by atoms with E-state index >= 15 is 0 Å². The first-order valence-electron chi connectivity index (χ1n) is 11.2. The van der Waals surface area contributed by atoms with Gasteiger partial charge < -0.3 is 28.4 Å². The van der Waals surface area contributed by atoms with Crippen LogP contribution in [0.2, 0.25) is 0 Å². The molecule has 0 atom stereocenters. The number of hydrogen-bond donors (Lipinski definition) is 0. The van der Waals surface area contributed by atoms with Crippen molar-refractivity contribution in [3.05, 3.63) is 64.5 Å². The van der Waals surface area contributed by atoms with E-state index in [0.29, 0.717) is 60.6 Å². The first-order chi connectivity index (χ1) is 16.4. The van der Waals surface area contributed by atoms with Gasteiger partial charge in [0.25, 0.3) is 5.91 Å². The smallest absolute Gasteiger partial charge is 0.254 e. The molecular formula is C26H32N2O6. The van der Waals surface area contributed by atoms with Gasteiger partial charge in [0.15, 0.2) is 23.0 Å². The van der Waals surface area contributed by atoms with Crippen LogP contribution < -0.4 is 18.9 Å². The molecule has 3 rings (SSSR count). The molecule has 0 aliphatic heterocycles. The van der Waals surface area contributed by atoms with Crippen LogP contribution in [-0.2, 0) is 13.2 Å². The second kappa shape index (κ2) is 11.4. The summed E-state index contributed by atoms with van der Waals surface area (Å²) in [5.74, 6) is 2.96. The quantitative estimate of drug-likeness (QED) is 0.394. The van der Waals surface area contributed by atoms with Gasteiger partial charge in [-0.3, -0.25) is 4.79 Å². The van der Waals surface area contributed by atoms with E-state index in [0.717, 1.165) is 16.8 Å². The number of carbonyl (C=O) groups is 1. The van der Waals surface area contributed by atoms with Crippen molar-refractivity contribution in [3.63, 3.8) is 0 Å². The minimum absolute atomic E-state index is 0.106. The topological polar surface area (TPSA) is 83.3 Å². The van der Waals surface area contributed by atoms with Gasteiger partial charge in [-0.15, -0.1) is 0 Å². The zero-order valence-corrected chi connectivity index (χ0v) is 20.6. The minimum Gasteiger partial charge on any atom is -0.493 e. The van der Waals surface area contributed by atoms with Crippen LogP contribution in [0.3, 0.4) is 0 Å². The van der Waals surface area contributed by atoms with Crippen LogP contribution in [0.15, 0.2) is 40.9 Å². The predicted octanol–water partition coefficient (Wildman–Crippen LogP) is 4.95. The molecule has 1 amide bonds. The van der Waals surface area contributed by atoms with Gasteiger partial charge in [0.1, 0.15) is 12.4 Å². The van der Waals surface area contributed by atoms with E-state index in [4.69, 9.17) is 23.5 Å². The first-order valence-corrected chi connectivity index (χ1v) is 11.2. The molecule has 0 saturated heterocycles. The van der Waals surface area contributed by atoms with Crippen molar-refractivity contribution >= 4 is 5.91 Å². The molecule has 0 radical (unpaired) electrons.